The summed E-state index contributed by atoms with van der Waals surface area (Å²) in [4.78, 5) is 38.7. The molecule has 0 aliphatic carbocycles. The number of benzene rings is 3. The van der Waals surface area contributed by atoms with Crippen molar-refractivity contribution in [2.75, 3.05) is 11.5 Å². The molecule has 35 heavy (non-hydrogen) atoms. The van der Waals surface area contributed by atoms with E-state index in [9.17, 15) is 18.8 Å². The molecule has 9 heteroatoms. The number of anilines is 1. The molecule has 1 aliphatic rings. The van der Waals surface area contributed by atoms with E-state index in [0.29, 0.717) is 33.8 Å². The molecular formula is C26H20FIN2O5. The SMILES string of the molecule is CCOc1cc(/C=C2\C(=O)NC(=O)N(c3ccc(F)cc3)C2=O)cc(I)c1OCc1ccccc1. The van der Waals surface area contributed by atoms with Crippen LogP contribution in [0.1, 0.15) is 18.1 Å². The van der Waals surface area contributed by atoms with Gasteiger partial charge in [-0.25, -0.2) is 14.1 Å². The number of nitrogens with zero attached hydrogens (tertiary/aromatic N) is 1. The number of amides is 4. The van der Waals surface area contributed by atoms with Gasteiger partial charge in [-0.1, -0.05) is 30.3 Å². The van der Waals surface area contributed by atoms with Gasteiger partial charge in [-0.3, -0.25) is 14.9 Å². The highest BCUT2D eigenvalue weighted by Gasteiger charge is 2.36. The maximum atomic E-state index is 13.3. The number of imide groups is 2. The number of nitrogens with one attached hydrogen (secondary N) is 1. The number of ether oxygens (including phenoxy) is 2. The van der Waals surface area contributed by atoms with Gasteiger partial charge in [0, 0.05) is 0 Å². The van der Waals surface area contributed by atoms with Crippen LogP contribution in [0.4, 0.5) is 14.9 Å². The molecule has 0 atom stereocenters. The summed E-state index contributed by atoms with van der Waals surface area (Å²) in [6.07, 6.45) is 1.38. The maximum Gasteiger partial charge on any atom is 0.335 e. The summed E-state index contributed by atoms with van der Waals surface area (Å²) in [5.74, 6) is -1.16. The van der Waals surface area contributed by atoms with Crippen molar-refractivity contribution in [1.29, 1.82) is 0 Å². The molecule has 0 unspecified atom stereocenters. The molecule has 1 N–H and O–H groups in total. The zero-order valence-corrected chi connectivity index (χ0v) is 20.7. The van der Waals surface area contributed by atoms with Crippen LogP contribution in [0.2, 0.25) is 0 Å². The fourth-order valence-electron chi connectivity index (χ4n) is 3.45. The molecule has 0 aromatic heterocycles. The van der Waals surface area contributed by atoms with E-state index in [1.165, 1.54) is 18.2 Å². The van der Waals surface area contributed by atoms with E-state index in [-0.39, 0.29) is 11.3 Å². The summed E-state index contributed by atoms with van der Waals surface area (Å²) in [6.45, 7) is 2.56. The lowest BCUT2D eigenvalue weighted by Gasteiger charge is -2.26. The van der Waals surface area contributed by atoms with Crippen molar-refractivity contribution < 1.29 is 28.2 Å². The molecule has 1 saturated heterocycles. The predicted molar refractivity (Wildman–Crippen MR) is 137 cm³/mol. The first-order valence-electron chi connectivity index (χ1n) is 10.7. The second-order valence-corrected chi connectivity index (χ2v) is 8.63. The molecule has 1 fully saturated rings. The van der Waals surface area contributed by atoms with E-state index in [4.69, 9.17) is 9.47 Å². The van der Waals surface area contributed by atoms with E-state index in [0.717, 1.165) is 22.6 Å². The number of halogens is 2. The molecule has 3 aromatic carbocycles. The van der Waals surface area contributed by atoms with Crippen molar-refractivity contribution in [3.63, 3.8) is 0 Å². The van der Waals surface area contributed by atoms with Gasteiger partial charge in [-0.15, -0.1) is 0 Å². The van der Waals surface area contributed by atoms with Crippen LogP contribution in [0, 0.1) is 9.39 Å². The Bertz CT molecular complexity index is 1310. The number of carbonyl (C=O) groups is 3. The van der Waals surface area contributed by atoms with E-state index >= 15 is 0 Å². The fourth-order valence-corrected chi connectivity index (χ4v) is 4.23. The van der Waals surface area contributed by atoms with Crippen LogP contribution in [0.15, 0.2) is 72.3 Å². The molecule has 0 radical (unpaired) electrons. The molecule has 0 saturated carbocycles. The maximum absolute atomic E-state index is 13.3. The van der Waals surface area contributed by atoms with Crippen LogP contribution in [0.5, 0.6) is 11.5 Å². The summed E-state index contributed by atoms with van der Waals surface area (Å²) in [7, 11) is 0. The Labute approximate surface area is 214 Å². The third-order valence-corrected chi connectivity index (χ3v) is 5.86. The monoisotopic (exact) mass is 586 g/mol. The molecule has 7 nitrogen and oxygen atoms in total. The standard InChI is InChI=1S/C26H20FIN2O5/c1-2-34-22-14-17(13-21(28)23(22)35-15-16-6-4-3-5-7-16)12-20-24(31)29-26(33)30(25(20)32)19-10-8-18(27)9-11-19/h3-14H,2,15H2,1H3,(H,29,31,33)/b20-12+. The Kier molecular flexibility index (Phi) is 7.45. The van der Waals surface area contributed by atoms with Crippen LogP contribution in [0.25, 0.3) is 6.08 Å². The average molecular weight is 586 g/mol. The van der Waals surface area contributed by atoms with Gasteiger partial charge in [0.25, 0.3) is 11.8 Å². The first-order chi connectivity index (χ1) is 16.9. The predicted octanol–water partition coefficient (Wildman–Crippen LogP) is 5.07. The minimum Gasteiger partial charge on any atom is -0.490 e. The topological polar surface area (TPSA) is 84.9 Å². The van der Waals surface area contributed by atoms with Gasteiger partial charge < -0.3 is 9.47 Å². The molecule has 1 heterocycles. The first-order valence-corrected chi connectivity index (χ1v) is 11.8. The van der Waals surface area contributed by atoms with Crippen molar-refractivity contribution in [1.82, 2.24) is 5.32 Å². The molecule has 1 aliphatic heterocycles. The Morgan fingerprint density at radius 2 is 1.71 bits per heavy atom. The molecule has 4 amide bonds. The van der Waals surface area contributed by atoms with Crippen molar-refractivity contribution in [2.24, 2.45) is 0 Å². The zero-order valence-electron chi connectivity index (χ0n) is 18.6. The highest BCUT2D eigenvalue weighted by Crippen LogP contribution is 2.36. The minimum absolute atomic E-state index is 0.140. The largest absolute Gasteiger partial charge is 0.490 e. The average Bonchev–Trinajstić information content (AvgIpc) is 2.83. The van der Waals surface area contributed by atoms with Crippen molar-refractivity contribution in [2.45, 2.75) is 13.5 Å². The highest BCUT2D eigenvalue weighted by atomic mass is 127. The van der Waals surface area contributed by atoms with E-state index in [2.05, 4.69) is 27.9 Å². The minimum atomic E-state index is -0.905. The molecule has 0 spiro atoms. The van der Waals surface area contributed by atoms with Crippen molar-refractivity contribution in [3.05, 3.63) is 92.8 Å². The van der Waals surface area contributed by atoms with Gasteiger partial charge >= 0.3 is 6.03 Å². The van der Waals surface area contributed by atoms with Gasteiger partial charge in [0.1, 0.15) is 18.0 Å². The van der Waals surface area contributed by atoms with Gasteiger partial charge in [-0.05, 0) is 83.1 Å². The normalized spacial score (nSPS) is 14.8. The quantitative estimate of drug-likeness (QED) is 0.238. The molecule has 178 valence electrons. The number of barbiturate groups is 1. The molecular weight excluding hydrogens is 566 g/mol. The first kappa shape index (κ1) is 24.4. The van der Waals surface area contributed by atoms with Crippen LogP contribution in [-0.2, 0) is 16.2 Å². The van der Waals surface area contributed by atoms with Crippen LogP contribution in [0.3, 0.4) is 0 Å². The summed E-state index contributed by atoms with van der Waals surface area (Å²) < 4.78 is 25.8. The van der Waals surface area contributed by atoms with Crippen LogP contribution >= 0.6 is 22.6 Å². The number of carbonyl (C=O) groups excluding carboxylic acids is 3. The van der Waals surface area contributed by atoms with E-state index in [1.807, 2.05) is 37.3 Å². The Morgan fingerprint density at radius 1 is 1.00 bits per heavy atom. The molecule has 0 bridgehead atoms. The zero-order chi connectivity index (χ0) is 24.9. The molecule has 3 aromatic rings. The Balaban J connectivity index is 1.66. The Hall–Kier alpha value is -3.73. The Morgan fingerprint density at radius 3 is 2.40 bits per heavy atom. The van der Waals surface area contributed by atoms with Crippen LogP contribution in [-0.4, -0.2) is 24.5 Å². The lowest BCUT2D eigenvalue weighted by atomic mass is 10.1. The van der Waals surface area contributed by atoms with Crippen LogP contribution < -0.4 is 19.7 Å². The lowest BCUT2D eigenvalue weighted by molar-refractivity contribution is -0.122. The smallest absolute Gasteiger partial charge is 0.335 e. The second kappa shape index (κ2) is 10.7. The van der Waals surface area contributed by atoms with Crippen molar-refractivity contribution >= 4 is 52.2 Å². The number of hydrogen-bond donors (Lipinski definition) is 1. The number of urea groups is 1. The summed E-state index contributed by atoms with van der Waals surface area (Å²) in [6, 6.07) is 17.0. The van der Waals surface area contributed by atoms with Gasteiger partial charge in [0.15, 0.2) is 11.5 Å². The van der Waals surface area contributed by atoms with Gasteiger partial charge in [0.05, 0.1) is 15.9 Å². The van der Waals surface area contributed by atoms with Gasteiger partial charge in [0.2, 0.25) is 0 Å². The third-order valence-electron chi connectivity index (χ3n) is 5.06. The van der Waals surface area contributed by atoms with Gasteiger partial charge in [-0.2, -0.15) is 0 Å². The highest BCUT2D eigenvalue weighted by molar-refractivity contribution is 14.1. The number of rotatable bonds is 7. The number of hydrogen-bond acceptors (Lipinski definition) is 5. The third kappa shape index (κ3) is 5.51. The fraction of sp³-hybridized carbons (Fsp3) is 0.115. The molecule has 4 rings (SSSR count). The second-order valence-electron chi connectivity index (χ2n) is 7.47. The lowest BCUT2D eigenvalue weighted by Crippen LogP contribution is -2.54. The van der Waals surface area contributed by atoms with E-state index < -0.39 is 23.7 Å². The summed E-state index contributed by atoms with van der Waals surface area (Å²) >= 11 is 2.10. The summed E-state index contributed by atoms with van der Waals surface area (Å²) in [5, 5.41) is 2.15. The van der Waals surface area contributed by atoms with E-state index in [1.54, 1.807) is 12.1 Å². The van der Waals surface area contributed by atoms with Crippen molar-refractivity contribution in [3.8, 4) is 11.5 Å². The summed E-state index contributed by atoms with van der Waals surface area (Å²) in [5.41, 5.74) is 1.40.